The zero-order valence-electron chi connectivity index (χ0n) is 12.5. The first-order valence-corrected chi connectivity index (χ1v) is 7.39. The molecule has 2 heterocycles. The molecule has 23 heavy (non-hydrogen) atoms. The van der Waals surface area contributed by atoms with Crippen LogP contribution in [0, 0.1) is 0 Å². The molecule has 0 aliphatic carbocycles. The molecule has 7 N–H and O–H groups in total. The van der Waals surface area contributed by atoms with Crippen molar-refractivity contribution in [1.82, 2.24) is 0 Å². The van der Waals surface area contributed by atoms with Crippen LogP contribution in [0.1, 0.15) is 6.92 Å². The first-order chi connectivity index (χ1) is 10.8. The topological polar surface area (TPSA) is 169 Å². The SMILES string of the molecule is CC1OC(COC2OC(CO)C(O)C(O)C2O)C(O)C(O)C1O. The number of hydrogen-bond donors (Lipinski definition) is 7. The molecule has 0 saturated carbocycles. The minimum Gasteiger partial charge on any atom is -0.394 e. The van der Waals surface area contributed by atoms with Gasteiger partial charge in [0, 0.05) is 0 Å². The molecule has 2 fully saturated rings. The lowest BCUT2D eigenvalue weighted by Crippen LogP contribution is -2.61. The van der Waals surface area contributed by atoms with Gasteiger partial charge in [0.25, 0.3) is 0 Å². The fraction of sp³-hybridized carbons (Fsp3) is 1.00. The van der Waals surface area contributed by atoms with Gasteiger partial charge in [0.15, 0.2) is 6.29 Å². The van der Waals surface area contributed by atoms with Crippen LogP contribution >= 0.6 is 0 Å². The van der Waals surface area contributed by atoms with Crippen molar-refractivity contribution in [3.63, 3.8) is 0 Å². The second-order valence-electron chi connectivity index (χ2n) is 5.88. The Hall–Kier alpha value is -0.400. The van der Waals surface area contributed by atoms with Gasteiger partial charge in [-0.3, -0.25) is 0 Å². The molecule has 10 heteroatoms. The molecular formula is C13H24O10. The summed E-state index contributed by atoms with van der Waals surface area (Å²) < 4.78 is 15.7. The predicted molar refractivity (Wildman–Crippen MR) is 72.1 cm³/mol. The van der Waals surface area contributed by atoms with Crippen molar-refractivity contribution in [2.24, 2.45) is 0 Å². The Bertz CT molecular complexity index is 380. The highest BCUT2D eigenvalue weighted by molar-refractivity contribution is 4.92. The summed E-state index contributed by atoms with van der Waals surface area (Å²) in [5.41, 5.74) is 0. The van der Waals surface area contributed by atoms with Crippen LogP contribution in [0.2, 0.25) is 0 Å². The quantitative estimate of drug-likeness (QED) is 0.265. The molecule has 2 aliphatic rings. The van der Waals surface area contributed by atoms with E-state index in [1.807, 2.05) is 0 Å². The Morgan fingerprint density at radius 2 is 1.30 bits per heavy atom. The van der Waals surface area contributed by atoms with Gasteiger partial charge in [0.2, 0.25) is 0 Å². The lowest BCUT2D eigenvalue weighted by atomic mass is 9.96. The maximum Gasteiger partial charge on any atom is 0.186 e. The fourth-order valence-electron chi connectivity index (χ4n) is 2.67. The molecule has 10 nitrogen and oxygen atoms in total. The Kier molecular flexibility index (Phi) is 6.30. The van der Waals surface area contributed by atoms with E-state index in [9.17, 15) is 30.6 Å². The van der Waals surface area contributed by atoms with E-state index in [0.717, 1.165) is 0 Å². The maximum atomic E-state index is 9.87. The van der Waals surface area contributed by atoms with E-state index in [0.29, 0.717) is 0 Å². The molecule has 10 atom stereocenters. The van der Waals surface area contributed by atoms with Crippen molar-refractivity contribution in [2.75, 3.05) is 13.2 Å². The lowest BCUT2D eigenvalue weighted by Gasteiger charge is -2.42. The smallest absolute Gasteiger partial charge is 0.186 e. The van der Waals surface area contributed by atoms with Gasteiger partial charge in [-0.1, -0.05) is 0 Å². The van der Waals surface area contributed by atoms with E-state index in [-0.39, 0.29) is 6.61 Å². The molecule has 2 aliphatic heterocycles. The maximum absolute atomic E-state index is 9.87. The summed E-state index contributed by atoms with van der Waals surface area (Å²) in [6, 6.07) is 0. The van der Waals surface area contributed by atoms with Gasteiger partial charge in [-0.2, -0.15) is 0 Å². The van der Waals surface area contributed by atoms with Crippen molar-refractivity contribution in [3.8, 4) is 0 Å². The van der Waals surface area contributed by atoms with Gasteiger partial charge < -0.3 is 50.0 Å². The fourth-order valence-corrected chi connectivity index (χ4v) is 2.67. The van der Waals surface area contributed by atoms with Gasteiger partial charge in [-0.15, -0.1) is 0 Å². The van der Waals surface area contributed by atoms with Crippen molar-refractivity contribution < 1.29 is 50.0 Å². The van der Waals surface area contributed by atoms with Crippen molar-refractivity contribution >= 4 is 0 Å². The van der Waals surface area contributed by atoms with Crippen LogP contribution in [0.3, 0.4) is 0 Å². The number of rotatable bonds is 4. The normalized spacial score (nSPS) is 51.7. The summed E-state index contributed by atoms with van der Waals surface area (Å²) in [5, 5.41) is 67.4. The third-order valence-corrected chi connectivity index (χ3v) is 4.22. The van der Waals surface area contributed by atoms with Crippen LogP contribution in [0.4, 0.5) is 0 Å². The number of aliphatic hydroxyl groups excluding tert-OH is 7. The largest absolute Gasteiger partial charge is 0.394 e. The number of aliphatic hydroxyl groups is 7. The molecule has 0 aromatic rings. The van der Waals surface area contributed by atoms with E-state index < -0.39 is 67.8 Å². The molecule has 2 saturated heterocycles. The second-order valence-corrected chi connectivity index (χ2v) is 5.88. The van der Waals surface area contributed by atoms with Crippen LogP contribution in [0.15, 0.2) is 0 Å². The number of hydrogen-bond acceptors (Lipinski definition) is 10. The van der Waals surface area contributed by atoms with Crippen molar-refractivity contribution in [1.29, 1.82) is 0 Å². The minimum absolute atomic E-state index is 0.308. The molecule has 0 bridgehead atoms. The van der Waals surface area contributed by atoms with E-state index >= 15 is 0 Å². The third-order valence-electron chi connectivity index (χ3n) is 4.22. The monoisotopic (exact) mass is 340 g/mol. The van der Waals surface area contributed by atoms with Gasteiger partial charge in [0.05, 0.1) is 19.3 Å². The van der Waals surface area contributed by atoms with Crippen LogP contribution in [-0.4, -0.2) is 110 Å². The second kappa shape index (κ2) is 7.66. The summed E-state index contributed by atoms with van der Waals surface area (Å²) in [6.07, 6.45) is -12.9. The van der Waals surface area contributed by atoms with Crippen LogP contribution in [0.25, 0.3) is 0 Å². The van der Waals surface area contributed by atoms with Crippen LogP contribution in [-0.2, 0) is 14.2 Å². The molecule has 0 radical (unpaired) electrons. The molecule has 0 aromatic carbocycles. The van der Waals surface area contributed by atoms with E-state index in [4.69, 9.17) is 19.3 Å². The van der Waals surface area contributed by atoms with Crippen molar-refractivity contribution in [3.05, 3.63) is 0 Å². The first-order valence-electron chi connectivity index (χ1n) is 7.39. The molecule has 10 unspecified atom stereocenters. The third kappa shape index (κ3) is 3.82. The van der Waals surface area contributed by atoms with Crippen LogP contribution in [0.5, 0.6) is 0 Å². The van der Waals surface area contributed by atoms with E-state index in [1.165, 1.54) is 6.92 Å². The summed E-state index contributed by atoms with van der Waals surface area (Å²) >= 11 is 0. The Morgan fingerprint density at radius 3 is 1.91 bits per heavy atom. The summed E-state index contributed by atoms with van der Waals surface area (Å²) in [4.78, 5) is 0. The Balaban J connectivity index is 1.94. The zero-order valence-corrected chi connectivity index (χ0v) is 12.5. The Morgan fingerprint density at radius 1 is 0.739 bits per heavy atom. The average molecular weight is 340 g/mol. The average Bonchev–Trinajstić information content (AvgIpc) is 2.54. The highest BCUT2D eigenvalue weighted by Crippen LogP contribution is 2.25. The van der Waals surface area contributed by atoms with E-state index in [1.54, 1.807) is 0 Å². The standard InChI is InChI=1S/C13H24O10/c1-4-7(15)10(18)9(17)6(22-4)3-21-13-12(20)11(19)8(16)5(2-14)23-13/h4-20H,2-3H2,1H3. The molecular weight excluding hydrogens is 316 g/mol. The molecule has 2 rings (SSSR count). The van der Waals surface area contributed by atoms with Crippen LogP contribution < -0.4 is 0 Å². The lowest BCUT2D eigenvalue weighted by molar-refractivity contribution is -0.313. The highest BCUT2D eigenvalue weighted by Gasteiger charge is 2.46. The van der Waals surface area contributed by atoms with Gasteiger partial charge in [-0.05, 0) is 6.92 Å². The van der Waals surface area contributed by atoms with Gasteiger partial charge in [-0.25, -0.2) is 0 Å². The first kappa shape index (κ1) is 18.9. The van der Waals surface area contributed by atoms with E-state index in [2.05, 4.69) is 0 Å². The zero-order chi connectivity index (χ0) is 17.3. The Labute approximate surface area is 132 Å². The molecule has 0 aromatic heterocycles. The predicted octanol–water partition coefficient (Wildman–Crippen LogP) is -4.33. The minimum atomic E-state index is -1.57. The summed E-state index contributed by atoms with van der Waals surface area (Å²) in [7, 11) is 0. The van der Waals surface area contributed by atoms with Crippen molar-refractivity contribution in [2.45, 2.75) is 68.1 Å². The summed E-state index contributed by atoms with van der Waals surface area (Å²) in [5.74, 6) is 0. The molecule has 0 spiro atoms. The highest BCUT2D eigenvalue weighted by atomic mass is 16.7. The summed E-state index contributed by atoms with van der Waals surface area (Å²) in [6.45, 7) is 0.619. The van der Waals surface area contributed by atoms with Gasteiger partial charge in [0.1, 0.15) is 48.8 Å². The molecule has 0 amide bonds. The van der Waals surface area contributed by atoms with Gasteiger partial charge >= 0.3 is 0 Å². The molecule has 136 valence electrons. The number of ether oxygens (including phenoxy) is 3.